The minimum Gasteiger partial charge on any atom is -0.488 e. The number of nitrogens with zero attached hydrogens (tertiary/aromatic N) is 2. The minimum absolute atomic E-state index is 0.0599. The molecule has 2 aromatic carbocycles. The summed E-state index contributed by atoms with van der Waals surface area (Å²) in [4.78, 5) is 27.9. The summed E-state index contributed by atoms with van der Waals surface area (Å²) in [7, 11) is 0. The molecule has 1 aliphatic rings. The molecule has 3 rings (SSSR count). The Labute approximate surface area is 185 Å². The second kappa shape index (κ2) is 9.70. The Morgan fingerprint density at radius 3 is 2.58 bits per heavy atom. The van der Waals surface area contributed by atoms with Crippen LogP contribution in [0.25, 0.3) is 0 Å². The Balaban J connectivity index is 1.85. The van der Waals surface area contributed by atoms with Gasteiger partial charge >= 0.3 is 12.1 Å². The van der Waals surface area contributed by atoms with Crippen LogP contribution in [-0.4, -0.2) is 40.8 Å². The first-order valence-electron chi connectivity index (χ1n) is 9.75. The summed E-state index contributed by atoms with van der Waals surface area (Å²) in [5, 5.41) is 6.31. The molecule has 4 amide bonds. The highest BCUT2D eigenvalue weighted by molar-refractivity contribution is 6.30. The quantitative estimate of drug-likeness (QED) is 0.571. The van der Waals surface area contributed by atoms with Crippen molar-refractivity contribution in [3.8, 4) is 5.75 Å². The van der Waals surface area contributed by atoms with E-state index in [1.165, 1.54) is 23.1 Å². The molecule has 1 fully saturated rings. The van der Waals surface area contributed by atoms with Crippen molar-refractivity contribution < 1.29 is 18.7 Å². The number of hydrogen-bond donors (Lipinski definition) is 2. The second-order valence-electron chi connectivity index (χ2n) is 7.24. The molecule has 0 spiro atoms. The SMILES string of the molecule is C=CCN1C(=O)NC(Nc2ccc(OC(C)C)c(F)c2)N(Cc2ccc(Cl)cc2)C1=O. The van der Waals surface area contributed by atoms with Crippen LogP contribution in [-0.2, 0) is 6.54 Å². The fourth-order valence-corrected chi connectivity index (χ4v) is 3.20. The molecule has 0 bridgehead atoms. The van der Waals surface area contributed by atoms with E-state index >= 15 is 0 Å². The van der Waals surface area contributed by atoms with Crippen molar-refractivity contribution in [2.24, 2.45) is 0 Å². The molecule has 9 heteroatoms. The summed E-state index contributed by atoms with van der Waals surface area (Å²) in [6, 6.07) is 10.3. The number of urea groups is 2. The fraction of sp³-hybridized carbons (Fsp3) is 0.273. The highest BCUT2D eigenvalue weighted by Crippen LogP contribution is 2.24. The minimum atomic E-state index is -0.895. The van der Waals surface area contributed by atoms with Gasteiger partial charge in [-0.2, -0.15) is 0 Å². The van der Waals surface area contributed by atoms with Crippen LogP contribution < -0.4 is 15.4 Å². The van der Waals surface area contributed by atoms with Gasteiger partial charge in [-0.3, -0.25) is 10.2 Å². The number of halogens is 2. The zero-order chi connectivity index (χ0) is 22.5. The number of benzene rings is 2. The van der Waals surface area contributed by atoms with Gasteiger partial charge in [0.05, 0.1) is 12.6 Å². The van der Waals surface area contributed by atoms with Gasteiger partial charge in [0.2, 0.25) is 0 Å². The van der Waals surface area contributed by atoms with E-state index in [1.54, 1.807) is 44.2 Å². The van der Waals surface area contributed by atoms with Crippen molar-refractivity contribution in [2.45, 2.75) is 32.8 Å². The van der Waals surface area contributed by atoms with Crippen molar-refractivity contribution in [2.75, 3.05) is 11.9 Å². The molecule has 1 heterocycles. The van der Waals surface area contributed by atoms with E-state index in [2.05, 4.69) is 17.2 Å². The first-order chi connectivity index (χ1) is 14.8. The topological polar surface area (TPSA) is 73.9 Å². The maximum Gasteiger partial charge on any atom is 0.331 e. The van der Waals surface area contributed by atoms with Crippen LogP contribution in [0.2, 0.25) is 5.02 Å². The molecule has 1 saturated heterocycles. The number of carbonyl (C=O) groups is 2. The molecular formula is C22H24ClFN4O3. The van der Waals surface area contributed by atoms with E-state index in [4.69, 9.17) is 16.3 Å². The predicted molar refractivity (Wildman–Crippen MR) is 117 cm³/mol. The standard InChI is InChI=1S/C22H24ClFN4O3/c1-4-11-27-21(29)26-20(25-17-9-10-19(18(24)12-17)31-14(2)3)28(22(27)30)13-15-5-7-16(23)8-6-15/h4-10,12,14,20,25H,1,11,13H2,2-3H3,(H,26,29). The zero-order valence-electron chi connectivity index (χ0n) is 17.3. The van der Waals surface area contributed by atoms with Gasteiger partial charge in [0, 0.05) is 23.3 Å². The number of rotatable bonds is 8. The zero-order valence-corrected chi connectivity index (χ0v) is 18.0. The molecule has 7 nitrogen and oxygen atoms in total. The number of nitrogens with one attached hydrogen (secondary N) is 2. The van der Waals surface area contributed by atoms with Crippen LogP contribution in [0.3, 0.4) is 0 Å². The summed E-state index contributed by atoms with van der Waals surface area (Å²) in [6.45, 7) is 7.45. The Bertz CT molecular complexity index is 968. The highest BCUT2D eigenvalue weighted by atomic mass is 35.5. The number of amides is 4. The third-order valence-corrected chi connectivity index (χ3v) is 4.72. The van der Waals surface area contributed by atoms with Gasteiger partial charge in [-0.25, -0.2) is 18.9 Å². The monoisotopic (exact) mass is 446 g/mol. The maximum atomic E-state index is 14.4. The number of imide groups is 1. The molecule has 0 aromatic heterocycles. The van der Waals surface area contributed by atoms with Crippen molar-refractivity contribution in [3.05, 3.63) is 71.5 Å². The molecule has 0 radical (unpaired) electrons. The molecule has 0 aliphatic carbocycles. The van der Waals surface area contributed by atoms with Gasteiger partial charge in [-0.15, -0.1) is 6.58 Å². The maximum absolute atomic E-state index is 14.4. The summed E-state index contributed by atoms with van der Waals surface area (Å²) < 4.78 is 19.8. The van der Waals surface area contributed by atoms with Crippen molar-refractivity contribution in [1.82, 2.24) is 15.1 Å². The molecule has 1 aliphatic heterocycles. The highest BCUT2D eigenvalue weighted by Gasteiger charge is 2.37. The van der Waals surface area contributed by atoms with E-state index < -0.39 is 24.2 Å². The summed E-state index contributed by atoms with van der Waals surface area (Å²) in [5.41, 5.74) is 1.19. The fourth-order valence-electron chi connectivity index (χ4n) is 3.07. The van der Waals surface area contributed by atoms with Crippen LogP contribution in [0, 0.1) is 5.82 Å². The number of carbonyl (C=O) groups excluding carboxylic acids is 2. The molecule has 1 atom stereocenters. The Hall–Kier alpha value is -3.26. The smallest absolute Gasteiger partial charge is 0.331 e. The molecule has 2 aromatic rings. The predicted octanol–water partition coefficient (Wildman–Crippen LogP) is 4.80. The first kappa shape index (κ1) is 22.4. The molecule has 164 valence electrons. The average molecular weight is 447 g/mol. The Kier molecular flexibility index (Phi) is 7.02. The Morgan fingerprint density at radius 2 is 1.97 bits per heavy atom. The summed E-state index contributed by atoms with van der Waals surface area (Å²) >= 11 is 5.95. The van der Waals surface area contributed by atoms with Gasteiger partial charge in [0.15, 0.2) is 17.9 Å². The lowest BCUT2D eigenvalue weighted by Gasteiger charge is -2.41. The third kappa shape index (κ3) is 5.46. The van der Waals surface area contributed by atoms with E-state index in [-0.39, 0.29) is 24.9 Å². The second-order valence-corrected chi connectivity index (χ2v) is 7.68. The molecule has 2 N–H and O–H groups in total. The van der Waals surface area contributed by atoms with Gasteiger partial charge in [0.25, 0.3) is 0 Å². The third-order valence-electron chi connectivity index (χ3n) is 4.47. The largest absolute Gasteiger partial charge is 0.488 e. The van der Waals surface area contributed by atoms with Crippen molar-refractivity contribution in [1.29, 1.82) is 0 Å². The van der Waals surface area contributed by atoms with Crippen LogP contribution in [0.4, 0.5) is 19.7 Å². The Morgan fingerprint density at radius 1 is 1.26 bits per heavy atom. The lowest BCUT2D eigenvalue weighted by atomic mass is 10.2. The van der Waals surface area contributed by atoms with Crippen LogP contribution in [0.15, 0.2) is 55.1 Å². The van der Waals surface area contributed by atoms with Crippen LogP contribution in [0.1, 0.15) is 19.4 Å². The van der Waals surface area contributed by atoms with E-state index in [9.17, 15) is 14.0 Å². The number of hydrogen-bond acceptors (Lipinski definition) is 4. The van der Waals surface area contributed by atoms with Gasteiger partial charge < -0.3 is 10.1 Å². The summed E-state index contributed by atoms with van der Waals surface area (Å²) in [6.07, 6.45) is 0.399. The van der Waals surface area contributed by atoms with E-state index in [0.717, 1.165) is 10.5 Å². The molecule has 31 heavy (non-hydrogen) atoms. The molecule has 0 saturated carbocycles. The van der Waals surface area contributed by atoms with Crippen molar-refractivity contribution >= 4 is 29.4 Å². The van der Waals surface area contributed by atoms with E-state index in [1.807, 2.05) is 0 Å². The van der Waals surface area contributed by atoms with Crippen molar-refractivity contribution in [3.63, 3.8) is 0 Å². The molecule has 1 unspecified atom stereocenters. The average Bonchev–Trinajstić information content (AvgIpc) is 2.71. The van der Waals surface area contributed by atoms with Crippen LogP contribution >= 0.6 is 11.6 Å². The van der Waals surface area contributed by atoms with Gasteiger partial charge in [0.1, 0.15) is 0 Å². The summed E-state index contributed by atoms with van der Waals surface area (Å²) in [5.74, 6) is -0.427. The molecular weight excluding hydrogens is 423 g/mol. The van der Waals surface area contributed by atoms with Crippen LogP contribution in [0.5, 0.6) is 5.75 Å². The lowest BCUT2D eigenvalue weighted by Crippen LogP contribution is -2.66. The lowest BCUT2D eigenvalue weighted by molar-refractivity contribution is 0.110. The number of anilines is 1. The normalized spacial score (nSPS) is 16.4. The van der Waals surface area contributed by atoms with Gasteiger partial charge in [-0.1, -0.05) is 29.8 Å². The van der Waals surface area contributed by atoms with Gasteiger partial charge in [-0.05, 0) is 43.7 Å². The first-order valence-corrected chi connectivity index (χ1v) is 10.1. The number of ether oxygens (including phenoxy) is 1. The van der Waals surface area contributed by atoms with E-state index in [0.29, 0.717) is 10.7 Å².